The Morgan fingerprint density at radius 1 is 1.00 bits per heavy atom. The molecule has 0 bridgehead atoms. The van der Waals surface area contributed by atoms with Gasteiger partial charge in [-0.2, -0.15) is 0 Å². The molecule has 7 heteroatoms. The van der Waals surface area contributed by atoms with E-state index < -0.39 is 23.3 Å². The third-order valence-corrected chi connectivity index (χ3v) is 2.10. The molecule has 2 heterocycles. The maximum absolute atomic E-state index is 10.7. The van der Waals surface area contributed by atoms with Crippen LogP contribution in [0.1, 0.15) is 27.4 Å². The molecule has 86 valence electrons. The van der Waals surface area contributed by atoms with Crippen LogP contribution in [0.15, 0.2) is 0 Å². The van der Waals surface area contributed by atoms with Crippen molar-refractivity contribution < 1.29 is 29.3 Å². The molecule has 0 fully saturated rings. The quantitative estimate of drug-likeness (QED) is 0.616. The Balaban J connectivity index is 2.57. The Hall–Kier alpha value is -2.18. The predicted octanol–water partition coefficient (Wildman–Crippen LogP) is -2.10. The molecule has 0 atom stereocenters. The van der Waals surface area contributed by atoms with Crippen molar-refractivity contribution in [3.63, 3.8) is 0 Å². The molecular weight excluding hydrogens is 218 g/mol. The van der Waals surface area contributed by atoms with E-state index in [-0.39, 0.29) is 24.7 Å². The molecule has 0 saturated carbocycles. The number of carboxylic acids is 2. The van der Waals surface area contributed by atoms with E-state index in [1.165, 1.54) is 0 Å². The number of nitrogens with one attached hydrogen (secondary N) is 1. The first kappa shape index (κ1) is 10.3. The van der Waals surface area contributed by atoms with Gasteiger partial charge in [-0.3, -0.25) is 0 Å². The minimum atomic E-state index is -1.56. The number of carbonyl (C=O) groups excluding carboxylic acids is 2. The molecule has 1 aromatic heterocycles. The summed E-state index contributed by atoms with van der Waals surface area (Å²) >= 11 is 0. The Labute approximate surface area is 89.6 Å². The average Bonchev–Trinajstić information content (AvgIpc) is 2.41. The highest BCUT2D eigenvalue weighted by molar-refractivity contribution is 5.96. The van der Waals surface area contributed by atoms with Gasteiger partial charge in [0.15, 0.2) is 11.5 Å². The molecule has 1 aromatic rings. The highest BCUT2D eigenvalue weighted by Gasteiger charge is 2.23. The van der Waals surface area contributed by atoms with E-state index in [0.717, 1.165) is 0 Å². The number of aromatic carboxylic acids is 2. The lowest BCUT2D eigenvalue weighted by Crippen LogP contribution is -2.25. The van der Waals surface area contributed by atoms with Crippen molar-refractivity contribution in [3.8, 4) is 11.5 Å². The Morgan fingerprint density at radius 3 is 1.81 bits per heavy atom. The molecule has 2 rings (SSSR count). The molecule has 0 saturated heterocycles. The summed E-state index contributed by atoms with van der Waals surface area (Å²) in [7, 11) is 0. The number of hydrogen-bond acceptors (Lipinski definition) is 6. The summed E-state index contributed by atoms with van der Waals surface area (Å²) in [5, 5.41) is 21.5. The van der Waals surface area contributed by atoms with Gasteiger partial charge in [0.05, 0.1) is 25.2 Å². The van der Waals surface area contributed by atoms with Crippen LogP contribution in [-0.2, 0) is 0 Å². The van der Waals surface area contributed by atoms with Crippen LogP contribution < -0.4 is 19.7 Å². The van der Waals surface area contributed by atoms with Crippen LogP contribution in [0, 0.1) is 0 Å². The first-order valence-corrected chi connectivity index (χ1v) is 4.55. The van der Waals surface area contributed by atoms with Crippen molar-refractivity contribution in [1.82, 2.24) is 4.98 Å². The molecule has 1 aliphatic rings. The van der Waals surface area contributed by atoms with Crippen molar-refractivity contribution >= 4 is 11.9 Å². The Morgan fingerprint density at radius 2 is 1.44 bits per heavy atom. The summed E-state index contributed by atoms with van der Waals surface area (Å²) in [5.74, 6) is -3.41. The summed E-state index contributed by atoms with van der Waals surface area (Å²) in [5.41, 5.74) is -0.896. The van der Waals surface area contributed by atoms with Gasteiger partial charge in [-0.15, -0.1) is 0 Å². The Kier molecular flexibility index (Phi) is 2.43. The standard InChI is InChI=1S/C9H9NO6/c11-8(12)4-6-7(5(10-4)9(13)14)16-3-1-2-15-6/h10H,1-3H2,(H,11,12)(H,13,14)/p-2. The second kappa shape index (κ2) is 3.76. The monoisotopic (exact) mass is 225 g/mol. The summed E-state index contributed by atoms with van der Waals surface area (Å²) in [4.78, 5) is 23.6. The molecule has 0 radical (unpaired) electrons. The van der Waals surface area contributed by atoms with Crippen LogP contribution in [0.5, 0.6) is 11.5 Å². The zero-order chi connectivity index (χ0) is 11.7. The molecule has 0 aromatic carbocycles. The van der Waals surface area contributed by atoms with Crippen molar-refractivity contribution in [3.05, 3.63) is 11.4 Å². The summed E-state index contributed by atoms with van der Waals surface area (Å²) < 4.78 is 10.2. The lowest BCUT2D eigenvalue weighted by atomic mass is 10.3. The predicted molar refractivity (Wildman–Crippen MR) is 45.1 cm³/mol. The fourth-order valence-electron chi connectivity index (χ4n) is 1.44. The minimum Gasteiger partial charge on any atom is -0.543 e. The molecular formula is C9H7NO6-2. The number of carbonyl (C=O) groups is 2. The summed E-state index contributed by atoms with van der Waals surface area (Å²) in [6.45, 7) is 0.495. The lowest BCUT2D eigenvalue weighted by molar-refractivity contribution is -0.255. The molecule has 1 aliphatic heterocycles. The van der Waals surface area contributed by atoms with Crippen molar-refractivity contribution in [2.24, 2.45) is 0 Å². The highest BCUT2D eigenvalue weighted by atomic mass is 16.5. The molecule has 0 amide bonds. The number of carboxylic acid groups (broad SMARTS) is 2. The van der Waals surface area contributed by atoms with Crippen LogP contribution in [0.25, 0.3) is 0 Å². The van der Waals surface area contributed by atoms with Crippen LogP contribution in [0.3, 0.4) is 0 Å². The molecule has 7 nitrogen and oxygen atoms in total. The van der Waals surface area contributed by atoms with Crippen LogP contribution >= 0.6 is 0 Å². The number of aromatic amines is 1. The largest absolute Gasteiger partial charge is 0.543 e. The SMILES string of the molecule is O=C([O-])c1[nH]c(C(=O)[O-])c2c1OCCCO2. The third kappa shape index (κ3) is 1.56. The first-order valence-electron chi connectivity index (χ1n) is 4.55. The number of ether oxygens (including phenoxy) is 2. The second-order valence-corrected chi connectivity index (χ2v) is 3.16. The van der Waals surface area contributed by atoms with Crippen LogP contribution in [0.4, 0.5) is 0 Å². The van der Waals surface area contributed by atoms with Gasteiger partial charge in [-0.25, -0.2) is 0 Å². The molecule has 0 unspecified atom stereocenters. The maximum Gasteiger partial charge on any atom is 0.188 e. The van der Waals surface area contributed by atoms with Gasteiger partial charge in [0.1, 0.15) is 11.4 Å². The van der Waals surface area contributed by atoms with Gasteiger partial charge in [0, 0.05) is 6.42 Å². The summed E-state index contributed by atoms with van der Waals surface area (Å²) in [6, 6.07) is 0. The number of hydrogen-bond donors (Lipinski definition) is 1. The fraction of sp³-hybridized carbons (Fsp3) is 0.333. The molecule has 0 spiro atoms. The number of fused-ring (bicyclic) bond motifs is 1. The lowest BCUT2D eigenvalue weighted by Gasteiger charge is -2.05. The third-order valence-electron chi connectivity index (χ3n) is 2.10. The van der Waals surface area contributed by atoms with Crippen molar-refractivity contribution in [2.75, 3.05) is 13.2 Å². The molecule has 0 aliphatic carbocycles. The smallest absolute Gasteiger partial charge is 0.188 e. The van der Waals surface area contributed by atoms with E-state index in [4.69, 9.17) is 9.47 Å². The van der Waals surface area contributed by atoms with Crippen molar-refractivity contribution in [1.29, 1.82) is 0 Å². The number of aromatic nitrogens is 1. The number of H-pyrrole nitrogens is 1. The Bertz CT molecular complexity index is 411. The van der Waals surface area contributed by atoms with E-state index in [0.29, 0.717) is 6.42 Å². The van der Waals surface area contributed by atoms with Crippen molar-refractivity contribution in [2.45, 2.75) is 6.42 Å². The van der Waals surface area contributed by atoms with E-state index >= 15 is 0 Å². The van der Waals surface area contributed by atoms with Crippen LogP contribution in [0.2, 0.25) is 0 Å². The van der Waals surface area contributed by atoms with E-state index in [1.807, 2.05) is 0 Å². The van der Waals surface area contributed by atoms with Gasteiger partial charge >= 0.3 is 0 Å². The average molecular weight is 225 g/mol. The van der Waals surface area contributed by atoms with Gasteiger partial charge in [0.2, 0.25) is 0 Å². The van der Waals surface area contributed by atoms with Gasteiger partial charge in [-0.05, 0) is 0 Å². The van der Waals surface area contributed by atoms with Gasteiger partial charge in [-0.1, -0.05) is 0 Å². The van der Waals surface area contributed by atoms with Crippen LogP contribution in [-0.4, -0.2) is 30.1 Å². The minimum absolute atomic E-state index is 0.142. The van der Waals surface area contributed by atoms with Gasteiger partial charge in [0.25, 0.3) is 0 Å². The number of rotatable bonds is 2. The van der Waals surface area contributed by atoms with E-state index in [2.05, 4.69) is 4.98 Å². The normalized spacial score (nSPS) is 14.2. The first-order chi connectivity index (χ1) is 7.61. The summed E-state index contributed by atoms with van der Waals surface area (Å²) in [6.07, 6.45) is 0.535. The maximum atomic E-state index is 10.7. The second-order valence-electron chi connectivity index (χ2n) is 3.16. The molecule has 16 heavy (non-hydrogen) atoms. The van der Waals surface area contributed by atoms with Gasteiger partial charge < -0.3 is 34.3 Å². The van der Waals surface area contributed by atoms with E-state index in [1.54, 1.807) is 0 Å². The van der Waals surface area contributed by atoms with E-state index in [9.17, 15) is 19.8 Å². The highest BCUT2D eigenvalue weighted by Crippen LogP contribution is 2.36. The zero-order valence-electron chi connectivity index (χ0n) is 8.07. The zero-order valence-corrected chi connectivity index (χ0v) is 8.07. The fourth-order valence-corrected chi connectivity index (χ4v) is 1.44. The molecule has 1 N–H and O–H groups in total. The topological polar surface area (TPSA) is 115 Å².